The molecule has 1 saturated heterocycles. The van der Waals surface area contributed by atoms with Crippen molar-refractivity contribution in [2.75, 3.05) is 37.1 Å². The Hall–Kier alpha value is -2.77. The van der Waals surface area contributed by atoms with E-state index in [2.05, 4.69) is 105 Å². The summed E-state index contributed by atoms with van der Waals surface area (Å²) < 4.78 is 71.4. The fourth-order valence-electron chi connectivity index (χ4n) is 11.1. The first-order valence-corrected chi connectivity index (χ1v) is 32.7. The van der Waals surface area contributed by atoms with Crippen LogP contribution >= 0.6 is 27.3 Å². The van der Waals surface area contributed by atoms with Crippen molar-refractivity contribution < 1.29 is 44.9 Å². The first-order chi connectivity index (χ1) is 33.7. The molecule has 8 rings (SSSR count). The van der Waals surface area contributed by atoms with Gasteiger partial charge in [0.15, 0.2) is 11.5 Å². The van der Waals surface area contributed by atoms with Gasteiger partial charge >= 0.3 is 85.2 Å². The van der Waals surface area contributed by atoms with Gasteiger partial charge < -0.3 is 19.3 Å². The number of ether oxygens (including phenoxy) is 2. The molecule has 0 radical (unpaired) electrons. The number of halogens is 7. The molecule has 0 atom stereocenters. The van der Waals surface area contributed by atoms with Gasteiger partial charge in [0.25, 0.3) is 0 Å². The third-order valence-corrected chi connectivity index (χ3v) is 20.6. The molecule has 0 N–H and O–H groups in total. The molecule has 0 aromatic heterocycles. The molecule has 0 amide bonds. The Balaban J connectivity index is 0.000000205. The van der Waals surface area contributed by atoms with Gasteiger partial charge in [0.2, 0.25) is 0 Å². The Morgan fingerprint density at radius 2 is 1.11 bits per heavy atom. The number of alkyl halides is 4. The van der Waals surface area contributed by atoms with Crippen molar-refractivity contribution in [1.29, 1.82) is 0 Å². The van der Waals surface area contributed by atoms with Crippen LogP contribution in [0.1, 0.15) is 148 Å². The summed E-state index contributed by atoms with van der Waals surface area (Å²) in [6.45, 7) is 23.2. The average Bonchev–Trinajstić information content (AvgIpc) is 3.78. The van der Waals surface area contributed by atoms with Crippen LogP contribution in [0.3, 0.4) is 0 Å². The number of hydrogen-bond acceptors (Lipinski definition) is 4. The van der Waals surface area contributed by atoms with Crippen LogP contribution in [0.15, 0.2) is 91.2 Å². The van der Waals surface area contributed by atoms with Gasteiger partial charge in [0.05, 0.1) is 43.4 Å². The summed E-state index contributed by atoms with van der Waals surface area (Å²) >= 11 is -1.61. The number of rotatable bonds is 11. The van der Waals surface area contributed by atoms with Gasteiger partial charge in [0.1, 0.15) is 0 Å². The van der Waals surface area contributed by atoms with Crippen LogP contribution in [0.2, 0.25) is 0 Å². The second-order valence-corrected chi connectivity index (χ2v) is 29.1. The quantitative estimate of drug-likeness (QED) is 0.0628. The van der Waals surface area contributed by atoms with E-state index in [1.807, 2.05) is 34.9 Å². The van der Waals surface area contributed by atoms with Gasteiger partial charge in [-0.25, -0.2) is 4.39 Å². The predicted molar refractivity (Wildman–Crippen MR) is 293 cm³/mol. The second-order valence-electron chi connectivity index (χ2n) is 19.9. The maximum atomic E-state index is 12.5. The summed E-state index contributed by atoms with van der Waals surface area (Å²) in [4.78, 5) is 4.81. The van der Waals surface area contributed by atoms with Crippen LogP contribution in [0.5, 0.6) is 0 Å². The van der Waals surface area contributed by atoms with Gasteiger partial charge in [-0.3, -0.25) is 0 Å². The molecule has 71 heavy (non-hydrogen) atoms. The van der Waals surface area contributed by atoms with Gasteiger partial charge in [-0.05, 0) is 147 Å². The molecule has 1 heterocycles. The van der Waals surface area contributed by atoms with Gasteiger partial charge in [-0.15, -0.1) is 0 Å². The van der Waals surface area contributed by atoms with Crippen LogP contribution in [-0.4, -0.2) is 60.7 Å². The van der Waals surface area contributed by atoms with Gasteiger partial charge in [-0.1, -0.05) is 67.8 Å². The van der Waals surface area contributed by atoms with Crippen LogP contribution < -0.4 is 9.80 Å². The molecule has 5 aliphatic rings. The predicted octanol–water partition coefficient (Wildman–Crippen LogP) is 18.2. The molecular formula is C58H82Cl2F5N2O2PRu. The van der Waals surface area contributed by atoms with Crippen LogP contribution in [0.4, 0.5) is 33.3 Å². The molecular weight excluding hydrogens is 1050 g/mol. The summed E-state index contributed by atoms with van der Waals surface area (Å²) in [5, 5.41) is 0. The standard InChI is InChI=1S/C21H27N2.C18H33P.C7H9F3O.C7H6.C5H6F2O.2ClH.Ru/c1-14-9-16(3)20(17(4)10-14)22-7-8-23(13-22)21-18(5)11-15(2)12-19(21)6;1-4-10-16(11-5-1)19(17-12-6-2-7-13-17)18-14-8-3-9-15-18;1-5(8)4-7(9,10)6(2)11-3;1-7-5-3-2-4-6-7;1-8-4-2-3-5(4,6)7;;;/h9-13H,7-8H2,1-6H3;16-18H,1-15H2;1-2,4H2,3H3;1-6H;2H,3H2,1H3;2*1H;/q-1;;;;;;;+2/p-1. The molecule has 0 bridgehead atoms. The van der Waals surface area contributed by atoms with E-state index in [-0.39, 0.29) is 20.1 Å². The molecule has 1 aliphatic heterocycles. The summed E-state index contributed by atoms with van der Waals surface area (Å²) in [5.41, 5.74) is 15.6. The van der Waals surface area contributed by atoms with Crippen molar-refractivity contribution in [2.45, 2.75) is 180 Å². The van der Waals surface area contributed by atoms with Crippen LogP contribution in [0, 0.1) is 48.2 Å². The monoisotopic (exact) mass is 1140 g/mol. The zero-order valence-electron chi connectivity index (χ0n) is 43.7. The fourth-order valence-corrected chi connectivity index (χ4v) is 18.1. The zero-order chi connectivity index (χ0) is 52.3. The Morgan fingerprint density at radius 3 is 1.39 bits per heavy atom. The van der Waals surface area contributed by atoms with Crippen molar-refractivity contribution in [3.63, 3.8) is 0 Å². The van der Waals surface area contributed by atoms with Crippen molar-refractivity contribution in [3.05, 3.63) is 137 Å². The number of anilines is 2. The Kier molecular flexibility index (Phi) is 25.6. The summed E-state index contributed by atoms with van der Waals surface area (Å²) in [7, 11) is 13.6. The molecule has 4 fully saturated rings. The molecule has 4 nitrogen and oxygen atoms in total. The Morgan fingerprint density at radius 1 is 0.718 bits per heavy atom. The SMILES string of the molecule is C1CCC([PH+](C2CCCCC2)C2CCCCC2)CC1.C=C(F)CC(F)(F)C(=C)OC.COC1=CCC1(F)F.Cc1cc(C)c(N2[CH-]N(c3c(C)cc(C)cc3C)CC2)c(C)c1.[Cl][Ru]([Cl])=[CH]c1ccccc1. The van der Waals surface area contributed by atoms with E-state index in [1.54, 1.807) is 96.3 Å². The van der Waals surface area contributed by atoms with Crippen molar-refractivity contribution >= 4 is 43.3 Å². The number of allylic oxidation sites excluding steroid dienone is 4. The molecule has 3 aromatic carbocycles. The Labute approximate surface area is 439 Å². The van der Waals surface area contributed by atoms with Crippen LogP contribution in [0.25, 0.3) is 0 Å². The summed E-state index contributed by atoms with van der Waals surface area (Å²) in [6.07, 6.45) is 23.9. The minimum atomic E-state index is -3.36. The van der Waals surface area contributed by atoms with Crippen molar-refractivity contribution in [2.24, 2.45) is 0 Å². The molecule has 3 aromatic rings. The number of nitrogens with zero attached hydrogens (tertiary/aromatic N) is 2. The fraction of sp³-hybridized carbons (Fsp3) is 0.552. The minimum absolute atomic E-state index is 0.0465. The first kappa shape index (κ1) is 60.8. The number of methoxy groups -OCH3 is 2. The first-order valence-electron chi connectivity index (χ1n) is 25.5. The van der Waals surface area contributed by atoms with E-state index in [9.17, 15) is 22.0 Å². The van der Waals surface area contributed by atoms with Crippen molar-refractivity contribution in [1.82, 2.24) is 0 Å². The topological polar surface area (TPSA) is 24.9 Å². The van der Waals surface area contributed by atoms with E-state index in [4.69, 9.17) is 19.4 Å². The number of hydrogen-bond donors (Lipinski definition) is 0. The average molecular weight is 1140 g/mol. The summed E-state index contributed by atoms with van der Waals surface area (Å²) in [5.74, 6) is -8.07. The maximum absolute atomic E-state index is 12.5. The van der Waals surface area contributed by atoms with E-state index < -0.39 is 43.4 Å². The molecule has 0 unspecified atom stereocenters. The van der Waals surface area contributed by atoms with E-state index in [0.29, 0.717) is 0 Å². The zero-order valence-corrected chi connectivity index (χ0v) is 48.0. The van der Waals surface area contributed by atoms with E-state index in [0.717, 1.165) is 25.8 Å². The van der Waals surface area contributed by atoms with Crippen molar-refractivity contribution in [3.8, 4) is 0 Å². The third-order valence-electron chi connectivity index (χ3n) is 14.1. The molecule has 3 saturated carbocycles. The molecule has 0 spiro atoms. The molecule has 398 valence electrons. The molecule has 4 aliphatic carbocycles. The van der Waals surface area contributed by atoms with Crippen LogP contribution in [-0.2, 0) is 23.0 Å². The molecule has 13 heteroatoms. The number of aryl methyl sites for hydroxylation is 6. The van der Waals surface area contributed by atoms with E-state index >= 15 is 0 Å². The third kappa shape index (κ3) is 19.5. The second kappa shape index (κ2) is 30.0. The number of benzene rings is 3. The van der Waals surface area contributed by atoms with E-state index in [1.165, 1.54) is 74.9 Å². The normalized spacial score (nSPS) is 18.4. The Bertz CT molecular complexity index is 2050. The summed E-state index contributed by atoms with van der Waals surface area (Å²) in [6, 6.07) is 19.0. The van der Waals surface area contributed by atoms with Gasteiger partial charge in [0, 0.05) is 38.8 Å². The van der Waals surface area contributed by atoms with Gasteiger partial charge in [-0.2, -0.15) is 24.2 Å².